The quantitative estimate of drug-likeness (QED) is 0.653. The predicted molar refractivity (Wildman–Crippen MR) is 63.2 cm³/mol. The number of ether oxygens (including phenoxy) is 2. The van der Waals surface area contributed by atoms with Gasteiger partial charge < -0.3 is 9.47 Å². The molecule has 1 atom stereocenters. The van der Waals surface area contributed by atoms with Crippen LogP contribution < -0.4 is 9.44 Å². The van der Waals surface area contributed by atoms with Crippen molar-refractivity contribution in [1.29, 1.82) is 0 Å². The highest BCUT2D eigenvalue weighted by Crippen LogP contribution is 1.94. The van der Waals surface area contributed by atoms with Gasteiger partial charge in [0.15, 0.2) is 0 Å². The molecule has 0 radical (unpaired) electrons. The van der Waals surface area contributed by atoms with Gasteiger partial charge in [0, 0.05) is 13.0 Å². The van der Waals surface area contributed by atoms with E-state index in [1.165, 1.54) is 7.11 Å². The molecule has 0 aromatic heterocycles. The Morgan fingerprint density at radius 2 is 2.00 bits per heavy atom. The molecule has 0 rings (SSSR count). The van der Waals surface area contributed by atoms with E-state index in [0.717, 1.165) is 0 Å². The average molecular weight is 289 g/mol. The molecule has 0 bridgehead atoms. The lowest BCUT2D eigenvalue weighted by atomic mass is 10.4. The molecule has 0 saturated heterocycles. The normalized spacial score (nSPS) is 13.5. The number of hydrogen-bond donors (Lipinski definition) is 2. The van der Waals surface area contributed by atoms with Gasteiger partial charge in [0.1, 0.15) is 0 Å². The van der Waals surface area contributed by atoms with Crippen LogP contribution in [0.5, 0.6) is 0 Å². The second-order valence-electron chi connectivity index (χ2n) is 3.48. The highest BCUT2D eigenvalue weighted by Gasteiger charge is 2.20. The molecule has 0 aliphatic carbocycles. The molecule has 2 N–H and O–H groups in total. The van der Waals surface area contributed by atoms with E-state index in [0.29, 0.717) is 0 Å². The number of hydrogen-bond acceptors (Lipinski definition) is 5. The predicted octanol–water partition coefficient (Wildman–Crippen LogP) is 0.209. The largest absolute Gasteiger partial charge is 0.446 e. The smallest absolute Gasteiger partial charge is 0.422 e. The van der Waals surface area contributed by atoms with Gasteiger partial charge in [0.2, 0.25) is 0 Å². The Morgan fingerprint density at radius 1 is 1.41 bits per heavy atom. The minimum absolute atomic E-state index is 0.0218. The Kier molecular flexibility index (Phi) is 7.44. The number of amides is 1. The van der Waals surface area contributed by atoms with Crippen molar-refractivity contribution in [3.8, 4) is 0 Å². The fourth-order valence-corrected chi connectivity index (χ4v) is 2.08. The van der Waals surface area contributed by atoms with E-state index >= 15 is 0 Å². The third kappa shape index (κ3) is 8.19. The first-order chi connectivity index (χ1) is 7.80. The van der Waals surface area contributed by atoms with Crippen molar-refractivity contribution in [2.45, 2.75) is 26.0 Å². The summed E-state index contributed by atoms with van der Waals surface area (Å²) in [5.41, 5.74) is 0. The van der Waals surface area contributed by atoms with Gasteiger partial charge in [-0.2, -0.15) is 13.1 Å². The van der Waals surface area contributed by atoms with Crippen LogP contribution in [-0.2, 0) is 19.7 Å². The van der Waals surface area contributed by atoms with Gasteiger partial charge in [-0.25, -0.2) is 9.52 Å². The van der Waals surface area contributed by atoms with E-state index in [4.69, 9.17) is 16.3 Å². The molecule has 0 spiro atoms. The van der Waals surface area contributed by atoms with Crippen LogP contribution in [-0.4, -0.2) is 46.3 Å². The van der Waals surface area contributed by atoms with Crippen LogP contribution in [0.1, 0.15) is 13.8 Å². The molecular weight excluding hydrogens is 272 g/mol. The zero-order valence-corrected chi connectivity index (χ0v) is 11.5. The number of nitrogens with one attached hydrogen (secondary N) is 2. The van der Waals surface area contributed by atoms with Gasteiger partial charge in [0.25, 0.3) is 0 Å². The molecule has 0 heterocycles. The van der Waals surface area contributed by atoms with Crippen LogP contribution in [0.4, 0.5) is 4.79 Å². The molecule has 1 unspecified atom stereocenters. The fourth-order valence-electron chi connectivity index (χ4n) is 0.908. The third-order valence-corrected chi connectivity index (χ3v) is 2.89. The maximum Gasteiger partial charge on any atom is 0.422 e. The summed E-state index contributed by atoms with van der Waals surface area (Å²) in [6.45, 7) is 3.31. The lowest BCUT2D eigenvalue weighted by molar-refractivity contribution is 0.121. The van der Waals surface area contributed by atoms with Crippen molar-refractivity contribution in [3.05, 3.63) is 0 Å². The van der Waals surface area contributed by atoms with E-state index in [1.54, 1.807) is 18.6 Å². The molecule has 0 saturated carbocycles. The van der Waals surface area contributed by atoms with Crippen molar-refractivity contribution in [2.24, 2.45) is 0 Å². The minimum atomic E-state index is -4.00. The molecule has 102 valence electrons. The Morgan fingerprint density at radius 3 is 2.41 bits per heavy atom. The fraction of sp³-hybridized carbons (Fsp3) is 0.875. The Bertz CT molecular complexity index is 333. The summed E-state index contributed by atoms with van der Waals surface area (Å²) in [6, 6.07) is -0.619. The molecule has 0 fully saturated rings. The first kappa shape index (κ1) is 16.4. The average Bonchev–Trinajstić information content (AvgIpc) is 2.14. The Balaban J connectivity index is 4.32. The standard InChI is InChI=1S/C8H17ClN2O5S/c1-6(2)16-8(12)11-17(13,14)10-7(4-9)5-15-3/h6-7,10H,4-5H2,1-3H3,(H,11,12). The molecule has 9 heteroatoms. The van der Waals surface area contributed by atoms with Crippen molar-refractivity contribution in [1.82, 2.24) is 9.44 Å². The monoisotopic (exact) mass is 288 g/mol. The van der Waals surface area contributed by atoms with Gasteiger partial charge in [-0.3, -0.25) is 0 Å². The van der Waals surface area contributed by atoms with E-state index in [9.17, 15) is 13.2 Å². The van der Waals surface area contributed by atoms with Gasteiger partial charge in [-0.15, -0.1) is 11.6 Å². The summed E-state index contributed by atoms with van der Waals surface area (Å²) in [5, 5.41) is 0. The van der Waals surface area contributed by atoms with Crippen molar-refractivity contribution in [3.63, 3.8) is 0 Å². The molecule has 7 nitrogen and oxygen atoms in total. The SMILES string of the molecule is COCC(CCl)NS(=O)(=O)NC(=O)OC(C)C. The maximum atomic E-state index is 11.4. The van der Waals surface area contributed by atoms with E-state index in [-0.39, 0.29) is 12.5 Å². The van der Waals surface area contributed by atoms with Crippen LogP contribution in [0.25, 0.3) is 0 Å². The number of alkyl halides is 1. The van der Waals surface area contributed by atoms with E-state index < -0.39 is 28.4 Å². The first-order valence-corrected chi connectivity index (χ1v) is 6.88. The van der Waals surface area contributed by atoms with E-state index in [2.05, 4.69) is 9.46 Å². The summed E-state index contributed by atoms with van der Waals surface area (Å²) < 4.78 is 36.1. The summed E-state index contributed by atoms with van der Waals surface area (Å²) >= 11 is 5.52. The topological polar surface area (TPSA) is 93.7 Å². The van der Waals surface area contributed by atoms with Gasteiger partial charge >= 0.3 is 16.3 Å². The first-order valence-electron chi connectivity index (χ1n) is 4.86. The van der Waals surface area contributed by atoms with Gasteiger partial charge in [0.05, 0.1) is 18.8 Å². The molecule has 0 aliphatic heterocycles. The summed E-state index contributed by atoms with van der Waals surface area (Å²) in [7, 11) is -2.59. The molecule has 0 aliphatic rings. The van der Waals surface area contributed by atoms with Crippen LogP contribution in [0.15, 0.2) is 0 Å². The van der Waals surface area contributed by atoms with Crippen LogP contribution >= 0.6 is 11.6 Å². The minimum Gasteiger partial charge on any atom is -0.446 e. The Labute approximate surface area is 106 Å². The third-order valence-electron chi connectivity index (χ3n) is 1.44. The molecule has 17 heavy (non-hydrogen) atoms. The van der Waals surface area contributed by atoms with Crippen LogP contribution in [0, 0.1) is 0 Å². The molecule has 0 aromatic rings. The molecular formula is C8H17ClN2O5S. The zero-order chi connectivity index (χ0) is 13.5. The van der Waals surface area contributed by atoms with Crippen molar-refractivity contribution >= 4 is 27.9 Å². The summed E-state index contributed by atoms with van der Waals surface area (Å²) in [6.07, 6.45) is -1.45. The molecule has 1 amide bonds. The number of rotatable bonds is 7. The molecule has 0 aromatic carbocycles. The van der Waals surface area contributed by atoms with E-state index in [1.807, 2.05) is 0 Å². The zero-order valence-electron chi connectivity index (χ0n) is 9.90. The van der Waals surface area contributed by atoms with Crippen LogP contribution in [0.3, 0.4) is 0 Å². The number of carbonyl (C=O) groups excluding carboxylic acids is 1. The summed E-state index contributed by atoms with van der Waals surface area (Å²) in [5.74, 6) is 0.0218. The highest BCUT2D eigenvalue weighted by atomic mass is 35.5. The van der Waals surface area contributed by atoms with Gasteiger partial charge in [-0.05, 0) is 13.8 Å². The summed E-state index contributed by atoms with van der Waals surface area (Å²) in [4.78, 5) is 11.1. The number of methoxy groups -OCH3 is 1. The lowest BCUT2D eigenvalue weighted by Crippen LogP contribution is -2.47. The van der Waals surface area contributed by atoms with Gasteiger partial charge in [-0.1, -0.05) is 0 Å². The van der Waals surface area contributed by atoms with Crippen molar-refractivity contribution in [2.75, 3.05) is 19.6 Å². The van der Waals surface area contributed by atoms with Crippen LogP contribution in [0.2, 0.25) is 0 Å². The second kappa shape index (κ2) is 7.70. The lowest BCUT2D eigenvalue weighted by Gasteiger charge is -2.16. The Hall–Kier alpha value is -0.570. The number of carbonyl (C=O) groups is 1. The second-order valence-corrected chi connectivity index (χ2v) is 5.24. The maximum absolute atomic E-state index is 11.4. The van der Waals surface area contributed by atoms with Crippen molar-refractivity contribution < 1.29 is 22.7 Å². The highest BCUT2D eigenvalue weighted by molar-refractivity contribution is 7.88. The number of halogens is 1.